The van der Waals surface area contributed by atoms with E-state index < -0.39 is 0 Å². The lowest BCUT2D eigenvalue weighted by Crippen LogP contribution is -2.32. The summed E-state index contributed by atoms with van der Waals surface area (Å²) in [5.41, 5.74) is 0. The predicted octanol–water partition coefficient (Wildman–Crippen LogP) is 3.47. The maximum atomic E-state index is 5.59. The van der Waals surface area contributed by atoms with E-state index in [4.69, 9.17) is 4.74 Å². The Morgan fingerprint density at radius 2 is 1.95 bits per heavy atom. The highest BCUT2D eigenvalue weighted by Crippen LogP contribution is 2.34. The van der Waals surface area contributed by atoms with Crippen LogP contribution in [0.4, 0.5) is 11.6 Å². The van der Waals surface area contributed by atoms with Crippen molar-refractivity contribution in [1.29, 1.82) is 0 Å². The van der Waals surface area contributed by atoms with Gasteiger partial charge in [-0.05, 0) is 19.3 Å². The van der Waals surface area contributed by atoms with E-state index in [2.05, 4.69) is 34.2 Å². The number of nitrogens with zero attached hydrogens (tertiary/aromatic N) is 3. The third-order valence-corrected chi connectivity index (χ3v) is 4.24. The Hall–Kier alpha value is -1.52. The highest BCUT2D eigenvalue weighted by molar-refractivity contribution is 5.64. The van der Waals surface area contributed by atoms with Crippen molar-refractivity contribution in [1.82, 2.24) is 9.97 Å². The fourth-order valence-electron chi connectivity index (χ4n) is 2.99. The van der Waals surface area contributed by atoms with Gasteiger partial charge in [-0.25, -0.2) is 9.97 Å². The molecule has 1 aromatic rings. The second-order valence-corrected chi connectivity index (χ2v) is 5.76. The molecular formula is C16H28N4O. The Labute approximate surface area is 128 Å². The van der Waals surface area contributed by atoms with Crippen LogP contribution in [0.2, 0.25) is 0 Å². The Morgan fingerprint density at radius 3 is 2.57 bits per heavy atom. The Morgan fingerprint density at radius 1 is 1.24 bits per heavy atom. The molecule has 1 saturated carbocycles. The smallest absolute Gasteiger partial charge is 0.204 e. The molecule has 5 heteroatoms. The molecule has 0 saturated heterocycles. The van der Waals surface area contributed by atoms with Gasteiger partial charge >= 0.3 is 0 Å². The molecule has 1 heterocycles. The number of rotatable bonds is 6. The minimum absolute atomic E-state index is 0.551. The van der Waals surface area contributed by atoms with Crippen LogP contribution < -0.4 is 15.0 Å². The number of ether oxygens (including phenoxy) is 1. The molecule has 2 rings (SSSR count). The molecule has 0 atom stereocenters. The minimum Gasteiger partial charge on any atom is -0.490 e. The van der Waals surface area contributed by atoms with Crippen LogP contribution in [0.15, 0.2) is 6.33 Å². The fraction of sp³-hybridized carbons (Fsp3) is 0.750. The molecule has 0 bridgehead atoms. The normalized spacial score (nSPS) is 16.3. The molecule has 5 nitrogen and oxygen atoms in total. The van der Waals surface area contributed by atoms with Crippen molar-refractivity contribution in [2.24, 2.45) is 0 Å². The topological polar surface area (TPSA) is 50.3 Å². The number of anilines is 2. The zero-order valence-electron chi connectivity index (χ0n) is 13.6. The second-order valence-electron chi connectivity index (χ2n) is 5.76. The monoisotopic (exact) mass is 292 g/mol. The van der Waals surface area contributed by atoms with Crippen LogP contribution in [0.1, 0.15) is 51.9 Å². The molecule has 0 aromatic carbocycles. The average Bonchev–Trinajstić information content (AvgIpc) is 2.80. The molecular weight excluding hydrogens is 264 g/mol. The highest BCUT2D eigenvalue weighted by atomic mass is 16.5. The standard InChI is InChI=1S/C16H28N4O/c1-4-11-17-15-14(21-3)16(19-12-18-15)20(2)13-9-7-5-6-8-10-13/h12-13H,4-11H2,1-3H3,(H,17,18,19). The third-order valence-electron chi connectivity index (χ3n) is 4.24. The van der Waals surface area contributed by atoms with E-state index in [0.29, 0.717) is 6.04 Å². The van der Waals surface area contributed by atoms with Gasteiger partial charge in [-0.3, -0.25) is 0 Å². The molecule has 1 aliphatic rings. The van der Waals surface area contributed by atoms with Crippen molar-refractivity contribution >= 4 is 11.6 Å². The lowest BCUT2D eigenvalue weighted by molar-refractivity contribution is 0.409. The molecule has 1 aromatic heterocycles. The third kappa shape index (κ3) is 3.99. The van der Waals surface area contributed by atoms with E-state index in [0.717, 1.165) is 30.4 Å². The Kier molecular flexibility index (Phi) is 6.08. The van der Waals surface area contributed by atoms with Gasteiger partial charge in [-0.1, -0.05) is 32.6 Å². The van der Waals surface area contributed by atoms with Crippen molar-refractivity contribution in [3.05, 3.63) is 6.33 Å². The molecule has 1 aliphatic carbocycles. The molecule has 1 N–H and O–H groups in total. The lowest BCUT2D eigenvalue weighted by Gasteiger charge is -2.29. The molecule has 0 aliphatic heterocycles. The zero-order valence-corrected chi connectivity index (χ0v) is 13.6. The average molecular weight is 292 g/mol. The molecule has 1 fully saturated rings. The van der Waals surface area contributed by atoms with E-state index in [9.17, 15) is 0 Å². The molecule has 0 unspecified atom stereocenters. The van der Waals surface area contributed by atoms with Crippen LogP contribution >= 0.6 is 0 Å². The van der Waals surface area contributed by atoms with Crippen LogP contribution in [0.5, 0.6) is 5.75 Å². The first-order chi connectivity index (χ1) is 10.3. The predicted molar refractivity (Wildman–Crippen MR) is 87.3 cm³/mol. The summed E-state index contributed by atoms with van der Waals surface area (Å²) in [7, 11) is 3.82. The molecule has 0 spiro atoms. The van der Waals surface area contributed by atoms with Crippen LogP contribution in [0, 0.1) is 0 Å². The zero-order chi connectivity index (χ0) is 15.1. The number of methoxy groups -OCH3 is 1. The van der Waals surface area contributed by atoms with Gasteiger partial charge in [-0.15, -0.1) is 0 Å². The van der Waals surface area contributed by atoms with Gasteiger partial charge in [0.25, 0.3) is 0 Å². The van der Waals surface area contributed by atoms with Crippen LogP contribution in [-0.2, 0) is 0 Å². The van der Waals surface area contributed by atoms with Crippen molar-refractivity contribution in [2.75, 3.05) is 30.9 Å². The highest BCUT2D eigenvalue weighted by Gasteiger charge is 2.22. The maximum Gasteiger partial charge on any atom is 0.204 e. The van der Waals surface area contributed by atoms with Crippen LogP contribution in [-0.4, -0.2) is 36.7 Å². The summed E-state index contributed by atoms with van der Waals surface area (Å²) in [5, 5.41) is 3.32. The fourth-order valence-corrected chi connectivity index (χ4v) is 2.99. The summed E-state index contributed by atoms with van der Waals surface area (Å²) in [6, 6.07) is 0.551. The largest absolute Gasteiger partial charge is 0.490 e. The van der Waals surface area contributed by atoms with Crippen molar-refractivity contribution in [3.8, 4) is 5.75 Å². The first kappa shape index (κ1) is 15.9. The quantitative estimate of drug-likeness (QED) is 0.814. The van der Waals surface area contributed by atoms with Gasteiger partial charge in [0, 0.05) is 19.6 Å². The lowest BCUT2D eigenvalue weighted by atomic mass is 10.1. The van der Waals surface area contributed by atoms with E-state index in [1.165, 1.54) is 38.5 Å². The summed E-state index contributed by atoms with van der Waals surface area (Å²) >= 11 is 0. The molecule has 21 heavy (non-hydrogen) atoms. The summed E-state index contributed by atoms with van der Waals surface area (Å²) in [4.78, 5) is 11.1. The number of aromatic nitrogens is 2. The number of hydrogen-bond donors (Lipinski definition) is 1. The first-order valence-corrected chi connectivity index (χ1v) is 8.13. The van der Waals surface area contributed by atoms with Crippen molar-refractivity contribution in [3.63, 3.8) is 0 Å². The van der Waals surface area contributed by atoms with Gasteiger partial charge in [0.2, 0.25) is 5.75 Å². The van der Waals surface area contributed by atoms with Crippen molar-refractivity contribution in [2.45, 2.75) is 57.9 Å². The van der Waals surface area contributed by atoms with Gasteiger partial charge in [0.1, 0.15) is 6.33 Å². The van der Waals surface area contributed by atoms with E-state index in [-0.39, 0.29) is 0 Å². The summed E-state index contributed by atoms with van der Waals surface area (Å²) in [6.45, 7) is 3.03. The maximum absolute atomic E-state index is 5.59. The molecule has 0 amide bonds. The van der Waals surface area contributed by atoms with E-state index >= 15 is 0 Å². The SMILES string of the molecule is CCCNc1ncnc(N(C)C2CCCCCC2)c1OC. The van der Waals surface area contributed by atoms with Crippen molar-refractivity contribution < 1.29 is 4.74 Å². The Balaban J connectivity index is 2.20. The summed E-state index contributed by atoms with van der Waals surface area (Å²) in [5.74, 6) is 2.46. The van der Waals surface area contributed by atoms with Gasteiger partial charge in [0.05, 0.1) is 7.11 Å². The van der Waals surface area contributed by atoms with Gasteiger partial charge < -0.3 is 15.0 Å². The van der Waals surface area contributed by atoms with Gasteiger partial charge in [0.15, 0.2) is 11.6 Å². The minimum atomic E-state index is 0.551. The number of hydrogen-bond acceptors (Lipinski definition) is 5. The number of nitrogens with one attached hydrogen (secondary N) is 1. The Bertz CT molecular complexity index is 430. The van der Waals surface area contributed by atoms with E-state index in [1.54, 1.807) is 13.4 Å². The second kappa shape index (κ2) is 8.05. The molecule has 118 valence electrons. The molecule has 0 radical (unpaired) electrons. The van der Waals surface area contributed by atoms with E-state index in [1.807, 2.05) is 0 Å². The van der Waals surface area contributed by atoms with Gasteiger partial charge in [-0.2, -0.15) is 0 Å². The summed E-state index contributed by atoms with van der Waals surface area (Å²) < 4.78 is 5.59. The summed E-state index contributed by atoms with van der Waals surface area (Å²) in [6.07, 6.45) is 10.5. The first-order valence-electron chi connectivity index (χ1n) is 8.13. The van der Waals surface area contributed by atoms with Crippen LogP contribution in [0.25, 0.3) is 0 Å². The van der Waals surface area contributed by atoms with Crippen LogP contribution in [0.3, 0.4) is 0 Å².